The van der Waals surface area contributed by atoms with Crippen molar-refractivity contribution in [1.82, 2.24) is 0 Å². The molecule has 1 amide bonds. The van der Waals surface area contributed by atoms with E-state index < -0.39 is 0 Å². The molecule has 3 nitrogen and oxygen atoms in total. The van der Waals surface area contributed by atoms with Gasteiger partial charge in [-0.15, -0.1) is 11.3 Å². The first-order chi connectivity index (χ1) is 10.8. The number of anilines is 1. The Morgan fingerprint density at radius 3 is 2.35 bits per heavy atom. The van der Waals surface area contributed by atoms with E-state index in [2.05, 4.69) is 63.6 Å². The van der Waals surface area contributed by atoms with E-state index in [1.165, 1.54) is 20.9 Å². The molecular weight excluding hydrogens is 304 g/mol. The zero-order valence-electron chi connectivity index (χ0n) is 14.7. The van der Waals surface area contributed by atoms with Crippen LogP contribution in [0.3, 0.4) is 0 Å². The number of quaternary nitrogens is 1. The molecule has 4 heteroatoms. The summed E-state index contributed by atoms with van der Waals surface area (Å²) < 4.78 is 0. The number of carbonyl (C=O) groups excluding carboxylic acids is 1. The van der Waals surface area contributed by atoms with Crippen LogP contribution in [0.15, 0.2) is 35.7 Å². The first-order valence-corrected chi connectivity index (χ1v) is 8.88. The molecule has 0 spiro atoms. The molecular formula is C19H27N2OS+. The van der Waals surface area contributed by atoms with E-state index in [-0.39, 0.29) is 11.3 Å². The molecule has 0 aliphatic carbocycles. The van der Waals surface area contributed by atoms with Gasteiger partial charge in [0.05, 0.1) is 11.9 Å². The number of thiophene rings is 1. The largest absolute Gasteiger partial charge is 0.325 e. The highest BCUT2D eigenvalue weighted by Gasteiger charge is 2.15. The van der Waals surface area contributed by atoms with Gasteiger partial charge < -0.3 is 10.2 Å². The highest BCUT2D eigenvalue weighted by molar-refractivity contribution is 7.10. The zero-order valence-corrected chi connectivity index (χ0v) is 15.5. The van der Waals surface area contributed by atoms with E-state index in [4.69, 9.17) is 0 Å². The van der Waals surface area contributed by atoms with E-state index in [1.54, 1.807) is 11.3 Å². The van der Waals surface area contributed by atoms with Crippen LogP contribution in [0.25, 0.3) is 0 Å². The third-order valence-corrected chi connectivity index (χ3v) is 4.95. The minimum absolute atomic E-state index is 0.0558. The van der Waals surface area contributed by atoms with Gasteiger partial charge in [0.2, 0.25) is 0 Å². The lowest BCUT2D eigenvalue weighted by molar-refractivity contribution is -0.884. The van der Waals surface area contributed by atoms with E-state index in [9.17, 15) is 4.79 Å². The first-order valence-electron chi connectivity index (χ1n) is 8.00. The Kier molecular flexibility index (Phi) is 5.60. The number of likely N-dealkylation sites (N-methyl/N-ethyl adjacent to an activating group) is 1. The molecule has 0 radical (unpaired) electrons. The van der Waals surface area contributed by atoms with Gasteiger partial charge in [-0.05, 0) is 47.0 Å². The van der Waals surface area contributed by atoms with Crippen LogP contribution in [0.5, 0.6) is 0 Å². The number of benzene rings is 1. The average Bonchev–Trinajstić information content (AvgIpc) is 2.83. The summed E-state index contributed by atoms with van der Waals surface area (Å²) in [7, 11) is 2.06. The van der Waals surface area contributed by atoms with Gasteiger partial charge in [0, 0.05) is 5.69 Å². The number of hydrogen-bond donors (Lipinski definition) is 2. The van der Waals surface area contributed by atoms with E-state index in [1.807, 2.05) is 12.1 Å². The van der Waals surface area contributed by atoms with Crippen molar-refractivity contribution in [2.24, 2.45) is 0 Å². The molecule has 0 aliphatic rings. The Labute approximate surface area is 143 Å². The maximum absolute atomic E-state index is 12.2. The molecule has 2 aromatic rings. The second kappa shape index (κ2) is 7.28. The molecule has 0 fully saturated rings. The van der Waals surface area contributed by atoms with E-state index in [0.717, 1.165) is 12.2 Å². The first kappa shape index (κ1) is 17.7. The van der Waals surface area contributed by atoms with E-state index in [0.29, 0.717) is 6.54 Å². The number of carbonyl (C=O) groups is 1. The maximum Gasteiger partial charge on any atom is 0.279 e. The van der Waals surface area contributed by atoms with Gasteiger partial charge in [-0.2, -0.15) is 0 Å². The molecule has 1 atom stereocenters. The highest BCUT2D eigenvalue weighted by Crippen LogP contribution is 2.23. The van der Waals surface area contributed by atoms with Crippen LogP contribution in [-0.4, -0.2) is 19.5 Å². The van der Waals surface area contributed by atoms with Crippen molar-refractivity contribution in [3.8, 4) is 0 Å². The number of hydrogen-bond acceptors (Lipinski definition) is 2. The Balaban J connectivity index is 1.88. The molecule has 1 aromatic heterocycles. The smallest absolute Gasteiger partial charge is 0.279 e. The summed E-state index contributed by atoms with van der Waals surface area (Å²) in [5, 5.41) is 5.10. The normalized spacial score (nSPS) is 12.9. The third-order valence-electron chi connectivity index (χ3n) is 3.93. The van der Waals surface area contributed by atoms with Gasteiger partial charge in [0.1, 0.15) is 6.54 Å². The molecule has 124 valence electrons. The van der Waals surface area contributed by atoms with Gasteiger partial charge in [0.25, 0.3) is 5.91 Å². The second-order valence-electron chi connectivity index (χ2n) is 7.21. The summed E-state index contributed by atoms with van der Waals surface area (Å²) >= 11 is 1.76. The molecule has 0 saturated heterocycles. The van der Waals surface area contributed by atoms with Crippen LogP contribution in [0.4, 0.5) is 5.69 Å². The SMILES string of the molecule is Cc1ccsc1C[NH+](C)CC(=O)Nc1ccc(C(C)(C)C)cc1. The molecule has 1 aromatic carbocycles. The average molecular weight is 332 g/mol. The van der Waals surface area contributed by atoms with Crippen molar-refractivity contribution in [3.05, 3.63) is 51.7 Å². The summed E-state index contributed by atoms with van der Waals surface area (Å²) in [5.74, 6) is 0.0558. The number of nitrogens with one attached hydrogen (secondary N) is 2. The van der Waals surface area contributed by atoms with Gasteiger partial charge in [-0.1, -0.05) is 32.9 Å². The Bertz CT molecular complexity index is 653. The number of rotatable bonds is 5. The predicted molar refractivity (Wildman–Crippen MR) is 98.3 cm³/mol. The number of aryl methyl sites for hydroxylation is 1. The fraction of sp³-hybridized carbons (Fsp3) is 0.421. The van der Waals surface area contributed by atoms with Crippen molar-refractivity contribution in [3.63, 3.8) is 0 Å². The monoisotopic (exact) mass is 331 g/mol. The van der Waals surface area contributed by atoms with Crippen LogP contribution in [-0.2, 0) is 16.8 Å². The van der Waals surface area contributed by atoms with Crippen LogP contribution in [0.1, 0.15) is 36.8 Å². The molecule has 2 rings (SSSR count). The standard InChI is InChI=1S/C19H26N2OS/c1-14-10-11-23-17(14)12-21(5)13-18(22)20-16-8-6-15(7-9-16)19(2,3)4/h6-11H,12-13H2,1-5H3,(H,20,22)/p+1. The van der Waals surface area contributed by atoms with E-state index >= 15 is 0 Å². The minimum atomic E-state index is 0.0558. The Morgan fingerprint density at radius 1 is 1.17 bits per heavy atom. The van der Waals surface area contributed by atoms with Crippen molar-refractivity contribution >= 4 is 22.9 Å². The molecule has 0 aliphatic heterocycles. The fourth-order valence-electron chi connectivity index (χ4n) is 2.45. The van der Waals surface area contributed by atoms with Crippen molar-refractivity contribution < 1.29 is 9.69 Å². The second-order valence-corrected chi connectivity index (χ2v) is 8.21. The number of amides is 1. The molecule has 1 heterocycles. The molecule has 0 bridgehead atoms. The Morgan fingerprint density at radius 2 is 1.83 bits per heavy atom. The quantitative estimate of drug-likeness (QED) is 0.867. The van der Waals surface area contributed by atoms with Crippen molar-refractivity contribution in [2.75, 3.05) is 18.9 Å². The topological polar surface area (TPSA) is 33.5 Å². The van der Waals surface area contributed by atoms with Crippen molar-refractivity contribution in [1.29, 1.82) is 0 Å². The summed E-state index contributed by atoms with van der Waals surface area (Å²) in [6.07, 6.45) is 0. The van der Waals surface area contributed by atoms with Crippen LogP contribution in [0.2, 0.25) is 0 Å². The molecule has 1 unspecified atom stereocenters. The van der Waals surface area contributed by atoms with Crippen LogP contribution in [0, 0.1) is 6.92 Å². The lowest BCUT2D eigenvalue weighted by Crippen LogP contribution is -3.08. The summed E-state index contributed by atoms with van der Waals surface area (Å²) in [6, 6.07) is 10.3. The third kappa shape index (κ3) is 5.19. The van der Waals surface area contributed by atoms with Gasteiger partial charge in [-0.3, -0.25) is 4.79 Å². The zero-order chi connectivity index (χ0) is 17.0. The maximum atomic E-state index is 12.2. The molecule has 2 N–H and O–H groups in total. The van der Waals surface area contributed by atoms with Gasteiger partial charge >= 0.3 is 0 Å². The summed E-state index contributed by atoms with van der Waals surface area (Å²) in [5.41, 5.74) is 3.58. The highest BCUT2D eigenvalue weighted by atomic mass is 32.1. The van der Waals surface area contributed by atoms with Crippen LogP contribution >= 0.6 is 11.3 Å². The fourth-order valence-corrected chi connectivity index (χ4v) is 3.47. The van der Waals surface area contributed by atoms with Crippen molar-refractivity contribution in [2.45, 2.75) is 39.7 Å². The van der Waals surface area contributed by atoms with Gasteiger partial charge in [-0.25, -0.2) is 0 Å². The van der Waals surface area contributed by atoms with Gasteiger partial charge in [0.15, 0.2) is 6.54 Å². The summed E-state index contributed by atoms with van der Waals surface area (Å²) in [6.45, 7) is 10.0. The minimum Gasteiger partial charge on any atom is -0.325 e. The molecule has 23 heavy (non-hydrogen) atoms. The summed E-state index contributed by atoms with van der Waals surface area (Å²) in [4.78, 5) is 14.7. The van der Waals surface area contributed by atoms with Crippen LogP contribution < -0.4 is 10.2 Å². The Hall–Kier alpha value is -1.65. The predicted octanol–water partition coefficient (Wildman–Crippen LogP) is 3.01. The molecule has 0 saturated carbocycles. The lowest BCUT2D eigenvalue weighted by Gasteiger charge is -2.19. The lowest BCUT2D eigenvalue weighted by atomic mass is 9.87.